The van der Waals surface area contributed by atoms with E-state index in [2.05, 4.69) is 4.98 Å². The van der Waals surface area contributed by atoms with Gasteiger partial charge in [0.2, 0.25) is 0 Å². The van der Waals surface area contributed by atoms with Crippen molar-refractivity contribution in [2.24, 2.45) is 0 Å². The van der Waals surface area contributed by atoms with Gasteiger partial charge in [0.1, 0.15) is 0 Å². The number of nitrogens with zero attached hydrogens (tertiary/aromatic N) is 2. The summed E-state index contributed by atoms with van der Waals surface area (Å²) in [6.45, 7) is 2.60. The van der Waals surface area contributed by atoms with Crippen LogP contribution in [0.5, 0.6) is 0 Å². The van der Waals surface area contributed by atoms with Gasteiger partial charge in [-0.15, -0.1) is 0 Å². The minimum atomic E-state index is -1.06. The lowest BCUT2D eigenvalue weighted by Crippen LogP contribution is -2.18. The first-order valence-electron chi connectivity index (χ1n) is 5.85. The zero-order chi connectivity index (χ0) is 13.8. The number of benzene rings is 1. The summed E-state index contributed by atoms with van der Waals surface area (Å²) in [5.74, 6) is -0.604. The normalized spacial score (nSPS) is 10.2. The first-order chi connectivity index (χ1) is 9.15. The first-order valence-corrected chi connectivity index (χ1v) is 6.23. The van der Waals surface area contributed by atoms with E-state index in [-0.39, 0.29) is 10.6 Å². The Kier molecular flexibility index (Phi) is 4.02. The number of hydrogen-bond acceptors (Lipinski definition) is 3. The van der Waals surface area contributed by atoms with Crippen molar-refractivity contribution in [3.8, 4) is 0 Å². The molecule has 5 heteroatoms. The van der Waals surface area contributed by atoms with Gasteiger partial charge in [0.05, 0.1) is 10.6 Å². The third kappa shape index (κ3) is 2.69. The smallest absolute Gasteiger partial charge is 0.337 e. The van der Waals surface area contributed by atoms with Crippen molar-refractivity contribution in [3.63, 3.8) is 0 Å². The molecule has 0 aliphatic heterocycles. The van der Waals surface area contributed by atoms with E-state index in [4.69, 9.17) is 16.7 Å². The topological polar surface area (TPSA) is 53.4 Å². The highest BCUT2D eigenvalue weighted by molar-refractivity contribution is 6.36. The Morgan fingerprint density at radius 2 is 2.00 bits per heavy atom. The largest absolute Gasteiger partial charge is 0.478 e. The third-order valence-corrected chi connectivity index (χ3v) is 3.11. The Morgan fingerprint density at radius 1 is 1.32 bits per heavy atom. The van der Waals surface area contributed by atoms with Crippen LogP contribution >= 0.6 is 11.6 Å². The van der Waals surface area contributed by atoms with Gasteiger partial charge in [-0.1, -0.05) is 29.8 Å². The molecule has 0 saturated heterocycles. The maximum atomic E-state index is 11.1. The van der Waals surface area contributed by atoms with Crippen LogP contribution in [0.2, 0.25) is 5.02 Å². The quantitative estimate of drug-likeness (QED) is 0.927. The molecule has 0 unspecified atom stereocenters. The van der Waals surface area contributed by atoms with Crippen molar-refractivity contribution in [3.05, 3.63) is 53.2 Å². The van der Waals surface area contributed by atoms with Crippen LogP contribution in [0.15, 0.2) is 42.6 Å². The van der Waals surface area contributed by atoms with E-state index in [1.807, 2.05) is 42.2 Å². The van der Waals surface area contributed by atoms with Crippen LogP contribution in [0.4, 0.5) is 11.5 Å². The number of carboxylic acids is 1. The van der Waals surface area contributed by atoms with E-state index in [0.717, 1.165) is 5.69 Å². The molecule has 19 heavy (non-hydrogen) atoms. The van der Waals surface area contributed by atoms with Crippen LogP contribution in [0.3, 0.4) is 0 Å². The number of hydrogen-bond donors (Lipinski definition) is 1. The SMILES string of the molecule is CCN(c1ccccc1)c1nccc(C(=O)O)c1Cl. The molecular weight excluding hydrogens is 264 g/mol. The number of carboxylic acid groups (broad SMARTS) is 1. The summed E-state index contributed by atoms with van der Waals surface area (Å²) in [6, 6.07) is 11.0. The van der Waals surface area contributed by atoms with Gasteiger partial charge in [-0.3, -0.25) is 0 Å². The number of rotatable bonds is 4. The zero-order valence-electron chi connectivity index (χ0n) is 10.4. The summed E-state index contributed by atoms with van der Waals surface area (Å²) in [5.41, 5.74) is 0.975. The molecule has 2 aromatic rings. The number of carbonyl (C=O) groups is 1. The minimum absolute atomic E-state index is 0.0565. The van der Waals surface area contributed by atoms with Gasteiger partial charge in [0.25, 0.3) is 0 Å². The van der Waals surface area contributed by atoms with Crippen LogP contribution in [0.1, 0.15) is 17.3 Å². The summed E-state index contributed by atoms with van der Waals surface area (Å²) in [6.07, 6.45) is 1.45. The Balaban J connectivity index is 2.51. The predicted octanol–water partition coefficient (Wildman–Crippen LogP) is 3.59. The molecule has 0 fully saturated rings. The van der Waals surface area contributed by atoms with Gasteiger partial charge in [0, 0.05) is 18.4 Å². The summed E-state index contributed by atoms with van der Waals surface area (Å²) in [5, 5.41) is 9.24. The average molecular weight is 277 g/mol. The molecule has 0 bridgehead atoms. The molecule has 2 rings (SSSR count). The number of anilines is 2. The molecule has 0 spiro atoms. The Bertz CT molecular complexity index is 587. The standard InChI is InChI=1S/C14H13ClN2O2/c1-2-17(10-6-4-3-5-7-10)13-12(15)11(14(18)19)8-9-16-13/h3-9H,2H2,1H3,(H,18,19). The molecule has 1 N–H and O–H groups in total. The molecule has 0 amide bonds. The van der Waals surface area contributed by atoms with Gasteiger partial charge < -0.3 is 10.0 Å². The van der Waals surface area contributed by atoms with Gasteiger partial charge in [0.15, 0.2) is 5.82 Å². The Morgan fingerprint density at radius 3 is 2.58 bits per heavy atom. The fourth-order valence-corrected chi connectivity index (χ4v) is 2.14. The molecule has 0 radical (unpaired) electrons. The van der Waals surface area contributed by atoms with Crippen LogP contribution in [0.25, 0.3) is 0 Å². The van der Waals surface area contributed by atoms with Gasteiger partial charge in [-0.25, -0.2) is 9.78 Å². The zero-order valence-corrected chi connectivity index (χ0v) is 11.1. The second kappa shape index (κ2) is 5.71. The Hall–Kier alpha value is -2.07. The predicted molar refractivity (Wildman–Crippen MR) is 75.3 cm³/mol. The van der Waals surface area contributed by atoms with E-state index in [9.17, 15) is 4.79 Å². The fourth-order valence-electron chi connectivity index (χ4n) is 1.85. The van der Waals surface area contributed by atoms with Crippen LogP contribution in [-0.4, -0.2) is 22.6 Å². The molecule has 1 aromatic carbocycles. The van der Waals surface area contributed by atoms with Crippen LogP contribution < -0.4 is 4.90 Å². The van der Waals surface area contributed by atoms with E-state index >= 15 is 0 Å². The minimum Gasteiger partial charge on any atom is -0.478 e. The fraction of sp³-hybridized carbons (Fsp3) is 0.143. The molecular formula is C14H13ClN2O2. The molecule has 98 valence electrons. The van der Waals surface area contributed by atoms with Gasteiger partial charge in [-0.2, -0.15) is 0 Å². The molecule has 1 heterocycles. The third-order valence-electron chi connectivity index (χ3n) is 2.74. The molecule has 0 aliphatic carbocycles. The highest BCUT2D eigenvalue weighted by Gasteiger charge is 2.18. The monoisotopic (exact) mass is 276 g/mol. The Labute approximate surface area is 116 Å². The average Bonchev–Trinajstić information content (AvgIpc) is 2.42. The number of halogens is 1. The number of pyridine rings is 1. The van der Waals surface area contributed by atoms with E-state index in [1.54, 1.807) is 0 Å². The van der Waals surface area contributed by atoms with Crippen molar-refractivity contribution < 1.29 is 9.90 Å². The molecule has 0 atom stereocenters. The second-order valence-corrected chi connectivity index (χ2v) is 4.26. The lowest BCUT2D eigenvalue weighted by Gasteiger charge is -2.23. The lowest BCUT2D eigenvalue weighted by molar-refractivity contribution is 0.0697. The lowest BCUT2D eigenvalue weighted by atomic mass is 10.2. The first kappa shape index (κ1) is 13.4. The van der Waals surface area contributed by atoms with Gasteiger partial charge in [-0.05, 0) is 25.1 Å². The summed E-state index contributed by atoms with van der Waals surface area (Å²) >= 11 is 6.14. The van der Waals surface area contributed by atoms with Crippen molar-refractivity contribution in [1.29, 1.82) is 0 Å². The van der Waals surface area contributed by atoms with E-state index in [0.29, 0.717) is 12.4 Å². The van der Waals surface area contributed by atoms with Gasteiger partial charge >= 0.3 is 5.97 Å². The highest BCUT2D eigenvalue weighted by atomic mass is 35.5. The summed E-state index contributed by atoms with van der Waals surface area (Å²) in [4.78, 5) is 17.2. The highest BCUT2D eigenvalue weighted by Crippen LogP contribution is 2.31. The number of aromatic nitrogens is 1. The number of aromatic carboxylic acids is 1. The molecule has 0 aliphatic rings. The molecule has 0 saturated carbocycles. The van der Waals surface area contributed by atoms with Crippen molar-refractivity contribution in [1.82, 2.24) is 4.98 Å². The van der Waals surface area contributed by atoms with E-state index < -0.39 is 5.97 Å². The van der Waals surface area contributed by atoms with E-state index in [1.165, 1.54) is 12.3 Å². The van der Waals surface area contributed by atoms with Crippen molar-refractivity contribution in [2.45, 2.75) is 6.92 Å². The number of para-hydroxylation sites is 1. The van der Waals surface area contributed by atoms with Crippen LogP contribution in [-0.2, 0) is 0 Å². The molecule has 1 aromatic heterocycles. The molecule has 4 nitrogen and oxygen atoms in total. The van der Waals surface area contributed by atoms with Crippen molar-refractivity contribution >= 4 is 29.1 Å². The van der Waals surface area contributed by atoms with Crippen LogP contribution in [0, 0.1) is 0 Å². The van der Waals surface area contributed by atoms with Crippen molar-refractivity contribution in [2.75, 3.05) is 11.4 Å². The maximum absolute atomic E-state index is 11.1. The summed E-state index contributed by atoms with van der Waals surface area (Å²) < 4.78 is 0. The summed E-state index contributed by atoms with van der Waals surface area (Å²) in [7, 11) is 0. The second-order valence-electron chi connectivity index (χ2n) is 3.88. The maximum Gasteiger partial charge on any atom is 0.337 e.